The molecule has 0 aromatic heterocycles. The van der Waals surface area contributed by atoms with E-state index in [1.807, 2.05) is 23.1 Å². The summed E-state index contributed by atoms with van der Waals surface area (Å²) in [7, 11) is 2.81. The maximum Gasteiger partial charge on any atom is 0.305 e. The number of hydrogen-bond donors (Lipinski definition) is 0. The smallest absolute Gasteiger partial charge is 0.305 e. The van der Waals surface area contributed by atoms with Crippen molar-refractivity contribution in [1.29, 1.82) is 0 Å². The molecule has 1 amide bonds. The molecule has 1 aliphatic rings. The van der Waals surface area contributed by atoms with Crippen LogP contribution in [0, 0.1) is 5.82 Å². The predicted molar refractivity (Wildman–Crippen MR) is 121 cm³/mol. The van der Waals surface area contributed by atoms with E-state index in [9.17, 15) is 14.0 Å². The molecule has 172 valence electrons. The van der Waals surface area contributed by atoms with Crippen LogP contribution in [0.5, 0.6) is 5.75 Å². The summed E-state index contributed by atoms with van der Waals surface area (Å²) in [6.45, 7) is 1.21. The zero-order valence-electron chi connectivity index (χ0n) is 18.9. The number of ether oxygens (including phenoxy) is 2. The summed E-state index contributed by atoms with van der Waals surface area (Å²) in [6, 6.07) is 15.0. The molecule has 0 spiro atoms. The standard InChI is InChI=1S/C26H32FNO4/c1-31-23-14-13-21(19-22(23)27)26(15-16-26)25(30)28(17-7-6-12-24(29)32-2)18-8-11-20-9-4-3-5-10-20/h3-5,9-10,13-14,19H,6-8,11-12,15-18H2,1-2H3. The van der Waals surface area contributed by atoms with Gasteiger partial charge < -0.3 is 14.4 Å². The highest BCUT2D eigenvalue weighted by molar-refractivity contribution is 5.91. The molecule has 1 fully saturated rings. The van der Waals surface area contributed by atoms with Gasteiger partial charge in [-0.15, -0.1) is 0 Å². The summed E-state index contributed by atoms with van der Waals surface area (Å²) in [5.41, 5.74) is 1.30. The summed E-state index contributed by atoms with van der Waals surface area (Å²) >= 11 is 0. The molecule has 1 aliphatic carbocycles. The number of nitrogens with zero attached hydrogens (tertiary/aromatic N) is 1. The number of aryl methyl sites for hydroxylation is 1. The molecule has 1 saturated carbocycles. The molecule has 5 nitrogen and oxygen atoms in total. The molecule has 0 aliphatic heterocycles. The zero-order valence-corrected chi connectivity index (χ0v) is 18.9. The highest BCUT2D eigenvalue weighted by atomic mass is 19.1. The maximum atomic E-state index is 14.3. The van der Waals surface area contributed by atoms with Gasteiger partial charge in [-0.1, -0.05) is 36.4 Å². The lowest BCUT2D eigenvalue weighted by Crippen LogP contribution is -2.40. The number of hydrogen-bond acceptors (Lipinski definition) is 4. The number of benzene rings is 2. The number of halogens is 1. The number of amides is 1. The summed E-state index contributed by atoms with van der Waals surface area (Å²) in [5.74, 6) is -0.454. The molecule has 0 N–H and O–H groups in total. The molecule has 6 heteroatoms. The van der Waals surface area contributed by atoms with Crippen molar-refractivity contribution in [3.63, 3.8) is 0 Å². The maximum absolute atomic E-state index is 14.3. The van der Waals surface area contributed by atoms with E-state index < -0.39 is 11.2 Å². The van der Waals surface area contributed by atoms with Crippen LogP contribution in [0.1, 0.15) is 49.7 Å². The Balaban J connectivity index is 1.68. The van der Waals surface area contributed by atoms with Gasteiger partial charge in [0.1, 0.15) is 0 Å². The second-order valence-electron chi connectivity index (χ2n) is 8.35. The highest BCUT2D eigenvalue weighted by Gasteiger charge is 2.53. The highest BCUT2D eigenvalue weighted by Crippen LogP contribution is 2.50. The topological polar surface area (TPSA) is 55.8 Å². The minimum atomic E-state index is -0.651. The van der Waals surface area contributed by atoms with Crippen molar-refractivity contribution in [1.82, 2.24) is 4.90 Å². The minimum Gasteiger partial charge on any atom is -0.494 e. The Labute approximate surface area is 189 Å². The number of methoxy groups -OCH3 is 2. The molecule has 0 radical (unpaired) electrons. The van der Waals surface area contributed by atoms with Gasteiger partial charge >= 0.3 is 5.97 Å². The van der Waals surface area contributed by atoms with E-state index in [-0.39, 0.29) is 17.6 Å². The SMILES string of the molecule is COC(=O)CCCCN(CCCc1ccccc1)C(=O)C1(c2ccc(OC)c(F)c2)CC1. The molecular weight excluding hydrogens is 409 g/mol. The van der Waals surface area contributed by atoms with Crippen molar-refractivity contribution >= 4 is 11.9 Å². The van der Waals surface area contributed by atoms with Crippen LogP contribution in [0.25, 0.3) is 0 Å². The minimum absolute atomic E-state index is 0.0493. The van der Waals surface area contributed by atoms with Crippen molar-refractivity contribution in [3.05, 3.63) is 65.5 Å². The van der Waals surface area contributed by atoms with Gasteiger partial charge in [-0.3, -0.25) is 9.59 Å². The summed E-state index contributed by atoms with van der Waals surface area (Å²) in [5, 5.41) is 0. The van der Waals surface area contributed by atoms with Crippen molar-refractivity contribution in [2.75, 3.05) is 27.3 Å². The average Bonchev–Trinajstić information content (AvgIpc) is 3.62. The third-order valence-corrected chi connectivity index (χ3v) is 6.17. The number of carbonyl (C=O) groups is 2. The van der Waals surface area contributed by atoms with E-state index in [2.05, 4.69) is 12.1 Å². The third kappa shape index (κ3) is 5.87. The molecule has 0 atom stereocenters. The first-order valence-electron chi connectivity index (χ1n) is 11.2. The van der Waals surface area contributed by atoms with E-state index in [0.29, 0.717) is 31.5 Å². The first-order valence-corrected chi connectivity index (χ1v) is 11.2. The number of esters is 1. The molecule has 0 saturated heterocycles. The van der Waals surface area contributed by atoms with E-state index in [4.69, 9.17) is 9.47 Å². The van der Waals surface area contributed by atoms with Crippen LogP contribution in [0.3, 0.4) is 0 Å². The van der Waals surface area contributed by atoms with Crippen LogP contribution in [0.2, 0.25) is 0 Å². The zero-order chi connectivity index (χ0) is 23.0. The van der Waals surface area contributed by atoms with Crippen LogP contribution in [-0.2, 0) is 26.2 Å². The van der Waals surface area contributed by atoms with Crippen molar-refractivity contribution in [3.8, 4) is 5.75 Å². The van der Waals surface area contributed by atoms with E-state index in [1.165, 1.54) is 25.8 Å². The first kappa shape index (κ1) is 23.8. The molecule has 32 heavy (non-hydrogen) atoms. The number of rotatable bonds is 12. The monoisotopic (exact) mass is 441 g/mol. The first-order chi connectivity index (χ1) is 15.5. The second kappa shape index (κ2) is 11.1. The summed E-state index contributed by atoms with van der Waals surface area (Å²) < 4.78 is 24.1. The van der Waals surface area contributed by atoms with Gasteiger partial charge in [0.15, 0.2) is 11.6 Å². The predicted octanol–water partition coefficient (Wildman–Crippen LogP) is 4.67. The Morgan fingerprint density at radius 2 is 1.72 bits per heavy atom. The van der Waals surface area contributed by atoms with Crippen LogP contribution in [0.15, 0.2) is 48.5 Å². The fourth-order valence-electron chi connectivity index (χ4n) is 4.13. The average molecular weight is 442 g/mol. The summed E-state index contributed by atoms with van der Waals surface area (Å²) in [6.07, 6.45) is 4.90. The van der Waals surface area contributed by atoms with Crippen LogP contribution in [-0.4, -0.2) is 44.1 Å². The molecule has 3 rings (SSSR count). The third-order valence-electron chi connectivity index (χ3n) is 6.17. The van der Waals surface area contributed by atoms with Crippen molar-refractivity contribution in [2.45, 2.75) is 50.4 Å². The van der Waals surface area contributed by atoms with Crippen LogP contribution >= 0.6 is 0 Å². The van der Waals surface area contributed by atoms with Gasteiger partial charge in [0, 0.05) is 19.5 Å². The van der Waals surface area contributed by atoms with E-state index in [0.717, 1.165) is 32.1 Å². The lowest BCUT2D eigenvalue weighted by Gasteiger charge is -2.28. The Hall–Kier alpha value is -2.89. The number of carbonyl (C=O) groups excluding carboxylic acids is 2. The molecule has 0 bridgehead atoms. The van der Waals surface area contributed by atoms with Crippen LogP contribution in [0.4, 0.5) is 4.39 Å². The molecule has 2 aromatic carbocycles. The normalized spacial score (nSPS) is 14.0. The van der Waals surface area contributed by atoms with Gasteiger partial charge in [-0.2, -0.15) is 0 Å². The Morgan fingerprint density at radius 3 is 2.34 bits per heavy atom. The van der Waals surface area contributed by atoms with Crippen molar-refractivity contribution < 1.29 is 23.5 Å². The molecular formula is C26H32FNO4. The van der Waals surface area contributed by atoms with Gasteiger partial charge in [0.2, 0.25) is 5.91 Å². The Morgan fingerprint density at radius 1 is 1.00 bits per heavy atom. The molecule has 2 aromatic rings. The largest absolute Gasteiger partial charge is 0.494 e. The Bertz CT molecular complexity index is 911. The van der Waals surface area contributed by atoms with Gasteiger partial charge in [-0.25, -0.2) is 4.39 Å². The second-order valence-corrected chi connectivity index (χ2v) is 8.35. The lowest BCUT2D eigenvalue weighted by molar-refractivity contribution is -0.140. The van der Waals surface area contributed by atoms with Gasteiger partial charge in [-0.05, 0) is 61.8 Å². The Kier molecular flexibility index (Phi) is 8.26. The fraction of sp³-hybridized carbons (Fsp3) is 0.462. The lowest BCUT2D eigenvalue weighted by atomic mass is 9.93. The van der Waals surface area contributed by atoms with E-state index >= 15 is 0 Å². The van der Waals surface area contributed by atoms with E-state index in [1.54, 1.807) is 12.1 Å². The van der Waals surface area contributed by atoms with Crippen molar-refractivity contribution in [2.24, 2.45) is 0 Å². The summed E-state index contributed by atoms with van der Waals surface area (Å²) in [4.78, 5) is 26.9. The number of unbranched alkanes of at least 4 members (excludes halogenated alkanes) is 1. The molecule has 0 heterocycles. The molecule has 0 unspecified atom stereocenters. The van der Waals surface area contributed by atoms with Gasteiger partial charge in [0.25, 0.3) is 0 Å². The van der Waals surface area contributed by atoms with Gasteiger partial charge in [0.05, 0.1) is 19.6 Å². The quantitative estimate of drug-likeness (QED) is 0.355. The van der Waals surface area contributed by atoms with Crippen LogP contribution < -0.4 is 4.74 Å². The fourth-order valence-corrected chi connectivity index (χ4v) is 4.13.